The first-order valence-corrected chi connectivity index (χ1v) is 8.51. The van der Waals surface area contributed by atoms with Crippen LogP contribution in [-0.2, 0) is 0 Å². The molecule has 0 aliphatic rings. The minimum absolute atomic E-state index is 0.278. The fourth-order valence-electron chi connectivity index (χ4n) is 2.82. The summed E-state index contributed by atoms with van der Waals surface area (Å²) in [6.07, 6.45) is 3.46. The van der Waals surface area contributed by atoms with Gasteiger partial charge in [0.25, 0.3) is 0 Å². The number of para-hydroxylation sites is 1. The fraction of sp³-hybridized carbons (Fsp3) is 0.0526. The van der Waals surface area contributed by atoms with E-state index in [-0.39, 0.29) is 11.7 Å². The van der Waals surface area contributed by atoms with Crippen molar-refractivity contribution in [2.24, 2.45) is 5.10 Å². The summed E-state index contributed by atoms with van der Waals surface area (Å²) in [6, 6.07) is 13.5. The van der Waals surface area contributed by atoms with Gasteiger partial charge in [0, 0.05) is 38.1 Å². The van der Waals surface area contributed by atoms with Gasteiger partial charge in [0.05, 0.1) is 6.21 Å². The lowest BCUT2D eigenvalue weighted by Crippen LogP contribution is -2.17. The largest absolute Gasteiger partial charge is 0.451 e. The van der Waals surface area contributed by atoms with Crippen LogP contribution in [0, 0.1) is 6.92 Å². The van der Waals surface area contributed by atoms with Crippen LogP contribution in [0.1, 0.15) is 21.7 Å². The van der Waals surface area contributed by atoms with E-state index in [1.807, 2.05) is 55.6 Å². The highest BCUT2D eigenvalue weighted by molar-refractivity contribution is 9.10. The first kappa shape index (κ1) is 15.7. The Morgan fingerprint density at radius 1 is 1.24 bits per heavy atom. The number of halogens is 1. The molecule has 1 amide bonds. The third-order valence-corrected chi connectivity index (χ3v) is 4.59. The van der Waals surface area contributed by atoms with Crippen molar-refractivity contribution >= 4 is 49.9 Å². The van der Waals surface area contributed by atoms with Crippen LogP contribution in [0.5, 0.6) is 0 Å². The standard InChI is InChI=1S/C19H14BrN3O2/c1-11-14-4-2-3-5-17(14)25-18(11)19(24)23-22-10-12-9-21-16-7-6-13(20)8-15(12)16/h2-10,21H,1H3,(H,23,24)/b22-10+. The molecule has 0 aliphatic carbocycles. The Labute approximate surface area is 151 Å². The van der Waals surface area contributed by atoms with Crippen LogP contribution < -0.4 is 5.43 Å². The molecule has 2 N–H and O–H groups in total. The van der Waals surface area contributed by atoms with Crippen LogP contribution >= 0.6 is 15.9 Å². The number of aryl methyl sites for hydroxylation is 1. The number of hydrogen-bond donors (Lipinski definition) is 2. The highest BCUT2D eigenvalue weighted by atomic mass is 79.9. The molecule has 5 nitrogen and oxygen atoms in total. The number of nitrogens with zero attached hydrogens (tertiary/aromatic N) is 1. The maximum absolute atomic E-state index is 12.3. The summed E-state index contributed by atoms with van der Waals surface area (Å²) in [5.74, 6) is -0.0917. The van der Waals surface area contributed by atoms with Crippen molar-refractivity contribution in [1.82, 2.24) is 10.4 Å². The van der Waals surface area contributed by atoms with E-state index >= 15 is 0 Å². The normalized spacial score (nSPS) is 11.6. The van der Waals surface area contributed by atoms with Gasteiger partial charge in [-0.15, -0.1) is 0 Å². The Hall–Kier alpha value is -2.86. The van der Waals surface area contributed by atoms with E-state index in [0.29, 0.717) is 5.58 Å². The number of nitrogens with one attached hydrogen (secondary N) is 2. The van der Waals surface area contributed by atoms with Crippen molar-refractivity contribution in [3.63, 3.8) is 0 Å². The molecule has 0 spiro atoms. The molecule has 6 heteroatoms. The number of amides is 1. The predicted molar refractivity (Wildman–Crippen MR) is 102 cm³/mol. The Morgan fingerprint density at radius 3 is 2.92 bits per heavy atom. The molecule has 4 aromatic rings. The summed E-state index contributed by atoms with van der Waals surface area (Å²) in [5.41, 5.74) is 5.92. The van der Waals surface area contributed by atoms with Gasteiger partial charge in [0.2, 0.25) is 0 Å². The highest BCUT2D eigenvalue weighted by Gasteiger charge is 2.16. The van der Waals surface area contributed by atoms with Gasteiger partial charge < -0.3 is 9.40 Å². The second-order valence-corrected chi connectivity index (χ2v) is 6.60. The topological polar surface area (TPSA) is 70.4 Å². The van der Waals surface area contributed by atoms with E-state index in [1.54, 1.807) is 6.21 Å². The maximum Gasteiger partial charge on any atom is 0.307 e. The average Bonchev–Trinajstić information content (AvgIpc) is 3.16. The van der Waals surface area contributed by atoms with Crippen molar-refractivity contribution < 1.29 is 9.21 Å². The molecular weight excluding hydrogens is 382 g/mol. The number of hydrogen-bond acceptors (Lipinski definition) is 3. The smallest absolute Gasteiger partial charge is 0.307 e. The molecule has 0 fully saturated rings. The summed E-state index contributed by atoms with van der Waals surface area (Å²) in [6.45, 7) is 1.86. The summed E-state index contributed by atoms with van der Waals surface area (Å²) >= 11 is 3.46. The molecule has 0 saturated heterocycles. The molecule has 2 aromatic carbocycles. The van der Waals surface area contributed by atoms with E-state index in [9.17, 15) is 4.79 Å². The van der Waals surface area contributed by atoms with Gasteiger partial charge in [-0.2, -0.15) is 5.10 Å². The number of furan rings is 1. The van der Waals surface area contributed by atoms with Crippen molar-refractivity contribution in [1.29, 1.82) is 0 Å². The molecule has 0 aliphatic heterocycles. The van der Waals surface area contributed by atoms with Crippen LogP contribution in [0.2, 0.25) is 0 Å². The quantitative estimate of drug-likeness (QED) is 0.388. The van der Waals surface area contributed by atoms with E-state index in [0.717, 1.165) is 31.9 Å². The maximum atomic E-state index is 12.3. The molecule has 25 heavy (non-hydrogen) atoms. The van der Waals surface area contributed by atoms with Crippen LogP contribution in [0.15, 0.2) is 62.7 Å². The lowest BCUT2D eigenvalue weighted by Gasteiger charge is -1.97. The monoisotopic (exact) mass is 395 g/mol. The number of aromatic amines is 1. The van der Waals surface area contributed by atoms with Gasteiger partial charge in [0.15, 0.2) is 5.76 Å². The summed E-state index contributed by atoms with van der Waals surface area (Å²) in [5, 5.41) is 6.01. The number of aromatic nitrogens is 1. The van der Waals surface area contributed by atoms with Gasteiger partial charge in [-0.05, 0) is 31.2 Å². The zero-order valence-electron chi connectivity index (χ0n) is 13.3. The molecule has 0 atom stereocenters. The number of benzene rings is 2. The summed E-state index contributed by atoms with van der Waals surface area (Å²) < 4.78 is 6.62. The molecule has 4 rings (SSSR count). The number of carbonyl (C=O) groups is 1. The number of fused-ring (bicyclic) bond motifs is 2. The Bertz CT molecular complexity index is 1120. The highest BCUT2D eigenvalue weighted by Crippen LogP contribution is 2.25. The number of H-pyrrole nitrogens is 1. The van der Waals surface area contributed by atoms with Gasteiger partial charge in [0.1, 0.15) is 5.58 Å². The van der Waals surface area contributed by atoms with E-state index < -0.39 is 0 Å². The third kappa shape index (κ3) is 2.85. The van der Waals surface area contributed by atoms with Crippen LogP contribution in [0.3, 0.4) is 0 Å². The van der Waals surface area contributed by atoms with Crippen molar-refractivity contribution in [3.8, 4) is 0 Å². The zero-order chi connectivity index (χ0) is 17.4. The number of hydrazone groups is 1. The molecule has 2 aromatic heterocycles. The van der Waals surface area contributed by atoms with Gasteiger partial charge >= 0.3 is 5.91 Å². The van der Waals surface area contributed by atoms with Crippen molar-refractivity contribution in [2.45, 2.75) is 6.92 Å². The van der Waals surface area contributed by atoms with E-state index in [1.165, 1.54) is 0 Å². The molecule has 0 radical (unpaired) electrons. The van der Waals surface area contributed by atoms with Crippen LogP contribution in [0.4, 0.5) is 0 Å². The average molecular weight is 396 g/mol. The molecule has 0 saturated carbocycles. The molecule has 0 bridgehead atoms. The van der Waals surface area contributed by atoms with Crippen LogP contribution in [0.25, 0.3) is 21.9 Å². The number of carbonyl (C=O) groups excluding carboxylic acids is 1. The second kappa shape index (κ2) is 6.22. The van der Waals surface area contributed by atoms with E-state index in [4.69, 9.17) is 4.42 Å². The second-order valence-electron chi connectivity index (χ2n) is 5.69. The molecule has 2 heterocycles. The lowest BCUT2D eigenvalue weighted by molar-refractivity contribution is 0.0929. The first-order valence-electron chi connectivity index (χ1n) is 7.71. The van der Waals surface area contributed by atoms with Gasteiger partial charge in [-0.25, -0.2) is 5.43 Å². The molecule has 124 valence electrons. The van der Waals surface area contributed by atoms with Crippen LogP contribution in [-0.4, -0.2) is 17.1 Å². The minimum atomic E-state index is -0.369. The summed E-state index contributed by atoms with van der Waals surface area (Å²) in [7, 11) is 0. The SMILES string of the molecule is Cc1c(C(=O)N/N=C/c2c[nH]c3ccc(Br)cc23)oc2ccccc12. The zero-order valence-corrected chi connectivity index (χ0v) is 14.9. The Morgan fingerprint density at radius 2 is 2.08 bits per heavy atom. The molecular formula is C19H14BrN3O2. The van der Waals surface area contributed by atoms with E-state index in [2.05, 4.69) is 31.4 Å². The lowest BCUT2D eigenvalue weighted by atomic mass is 10.1. The number of rotatable bonds is 3. The predicted octanol–water partition coefficient (Wildman–Crippen LogP) is 4.75. The van der Waals surface area contributed by atoms with Crippen molar-refractivity contribution in [3.05, 3.63) is 70.0 Å². The fourth-order valence-corrected chi connectivity index (χ4v) is 3.18. The summed E-state index contributed by atoms with van der Waals surface area (Å²) in [4.78, 5) is 15.5. The van der Waals surface area contributed by atoms with Gasteiger partial charge in [-0.3, -0.25) is 4.79 Å². The molecule has 0 unspecified atom stereocenters. The van der Waals surface area contributed by atoms with Crippen molar-refractivity contribution in [2.75, 3.05) is 0 Å². The minimum Gasteiger partial charge on any atom is -0.451 e. The Balaban J connectivity index is 1.57. The Kier molecular flexibility index (Phi) is 3.89. The van der Waals surface area contributed by atoms with Gasteiger partial charge in [-0.1, -0.05) is 34.1 Å². The third-order valence-electron chi connectivity index (χ3n) is 4.10. The first-order chi connectivity index (χ1) is 12.1.